The maximum absolute atomic E-state index is 12.4. The van der Waals surface area contributed by atoms with E-state index < -0.39 is 36.1 Å². The number of nitrogens with one attached hydrogen (secondary N) is 4. The highest BCUT2D eigenvalue weighted by Gasteiger charge is 2.33. The van der Waals surface area contributed by atoms with Crippen molar-refractivity contribution in [2.45, 2.75) is 56.8 Å². The van der Waals surface area contributed by atoms with Crippen LogP contribution in [0.4, 0.5) is 0 Å². The van der Waals surface area contributed by atoms with Crippen molar-refractivity contribution in [2.75, 3.05) is 13.1 Å². The largest absolute Gasteiger partial charge is 0.480 e. The number of aliphatic hydroxyl groups is 1. The quantitative estimate of drug-likeness (QED) is 0.0790. The van der Waals surface area contributed by atoms with E-state index in [4.69, 9.17) is 21.3 Å². The Balaban J connectivity index is 1.42. The highest BCUT2D eigenvalue weighted by atomic mass is 16.4. The zero-order valence-corrected chi connectivity index (χ0v) is 20.6. The van der Waals surface area contributed by atoms with E-state index in [1.165, 1.54) is 0 Å². The van der Waals surface area contributed by atoms with Gasteiger partial charge in [-0.1, -0.05) is 24.3 Å². The van der Waals surface area contributed by atoms with Crippen LogP contribution in [-0.4, -0.2) is 65.0 Å². The van der Waals surface area contributed by atoms with E-state index in [9.17, 15) is 24.6 Å². The zero-order chi connectivity index (χ0) is 27.1. The van der Waals surface area contributed by atoms with Crippen molar-refractivity contribution in [1.29, 1.82) is 5.41 Å². The number of amides is 2. The van der Waals surface area contributed by atoms with Gasteiger partial charge in [-0.2, -0.15) is 0 Å². The van der Waals surface area contributed by atoms with Crippen LogP contribution in [0, 0.1) is 12.3 Å². The molecule has 0 radical (unpaired) electrons. The van der Waals surface area contributed by atoms with E-state index in [2.05, 4.69) is 16.0 Å². The maximum atomic E-state index is 12.4. The molecule has 200 valence electrons. The van der Waals surface area contributed by atoms with E-state index in [1.54, 1.807) is 25.1 Å². The molecular weight excluding hydrogens is 480 g/mol. The number of carbonyl (C=O) groups is 3. The molecule has 12 nitrogen and oxygen atoms in total. The van der Waals surface area contributed by atoms with Crippen LogP contribution in [0.25, 0.3) is 11.0 Å². The van der Waals surface area contributed by atoms with Crippen LogP contribution in [0.5, 0.6) is 0 Å². The molecule has 4 atom stereocenters. The fourth-order valence-electron chi connectivity index (χ4n) is 4.32. The van der Waals surface area contributed by atoms with E-state index in [0.717, 1.165) is 11.0 Å². The highest BCUT2D eigenvalue weighted by molar-refractivity contribution is 5.88. The number of benzene rings is 1. The summed E-state index contributed by atoms with van der Waals surface area (Å²) in [6.45, 7) is 2.57. The van der Waals surface area contributed by atoms with Gasteiger partial charge in [0.05, 0.1) is 12.1 Å². The molecule has 37 heavy (non-hydrogen) atoms. The molecular formula is C25H34N6O6. The zero-order valence-electron chi connectivity index (χ0n) is 20.6. The van der Waals surface area contributed by atoms with E-state index in [0.29, 0.717) is 30.5 Å². The molecule has 0 fully saturated rings. The molecule has 12 heteroatoms. The summed E-state index contributed by atoms with van der Waals surface area (Å²) in [6.07, 6.45) is 1.44. The molecule has 2 heterocycles. The molecule has 2 aromatic rings. The predicted octanol–water partition coefficient (Wildman–Crippen LogP) is 0.182. The lowest BCUT2D eigenvalue weighted by molar-refractivity contribution is -0.145. The number of hydrogen-bond acceptors (Lipinski definition) is 8. The number of furan rings is 1. The topological polar surface area (TPSA) is 217 Å². The van der Waals surface area contributed by atoms with Crippen LogP contribution in [-0.2, 0) is 14.4 Å². The molecule has 0 aliphatic carbocycles. The Bertz CT molecular complexity index is 1190. The van der Waals surface area contributed by atoms with Gasteiger partial charge in [-0.05, 0) is 37.8 Å². The number of unbranched alkanes of at least 4 members (excludes halogenated alkanes) is 1. The maximum Gasteiger partial charge on any atom is 0.329 e. The standard InChI is InChI=1S/C25H34N6O6/c1-13-15-6-2-3-7-17(15)37-22(13)21(33)20(25(35)36)31-18(32)8-4-5-10-30-24(34)16(26)12-14-9-11-29-19(14)23(27)28/h2-3,6-7,9,16,19-21,29,33H,4-5,8,10-12,26H2,1H3,(H3,27,28)(H,30,34)(H,31,32)(H,35,36). The molecule has 1 aliphatic heterocycles. The lowest BCUT2D eigenvalue weighted by Crippen LogP contribution is -2.45. The molecule has 2 amide bonds. The first-order valence-electron chi connectivity index (χ1n) is 12.1. The molecule has 10 N–H and O–H groups in total. The Morgan fingerprint density at radius 1 is 1.27 bits per heavy atom. The van der Waals surface area contributed by atoms with E-state index >= 15 is 0 Å². The second-order valence-corrected chi connectivity index (χ2v) is 9.05. The second-order valence-electron chi connectivity index (χ2n) is 9.05. The monoisotopic (exact) mass is 514 g/mol. The lowest BCUT2D eigenvalue weighted by atomic mass is 10.0. The number of amidine groups is 1. The van der Waals surface area contributed by atoms with Gasteiger partial charge in [0.2, 0.25) is 11.8 Å². The summed E-state index contributed by atoms with van der Waals surface area (Å²) < 4.78 is 5.65. The summed E-state index contributed by atoms with van der Waals surface area (Å²) in [5, 5.41) is 36.7. The molecule has 0 spiro atoms. The Morgan fingerprint density at radius 3 is 2.68 bits per heavy atom. The van der Waals surface area contributed by atoms with E-state index in [1.807, 2.05) is 12.1 Å². The van der Waals surface area contributed by atoms with Crippen molar-refractivity contribution in [3.63, 3.8) is 0 Å². The Labute approximate surface area is 214 Å². The number of aliphatic carboxylic acids is 1. The van der Waals surface area contributed by atoms with Gasteiger partial charge >= 0.3 is 5.97 Å². The number of carboxylic acid groups (broad SMARTS) is 1. The van der Waals surface area contributed by atoms with Gasteiger partial charge in [0.25, 0.3) is 0 Å². The number of para-hydroxylation sites is 1. The third-order valence-electron chi connectivity index (χ3n) is 6.34. The lowest BCUT2D eigenvalue weighted by Gasteiger charge is -2.19. The van der Waals surface area contributed by atoms with Crippen LogP contribution >= 0.6 is 0 Å². The van der Waals surface area contributed by atoms with Crippen LogP contribution in [0.2, 0.25) is 0 Å². The van der Waals surface area contributed by atoms with Crippen LogP contribution in [0.1, 0.15) is 43.1 Å². The molecule has 1 aromatic heterocycles. The molecule has 0 bridgehead atoms. The van der Waals surface area contributed by atoms with Crippen LogP contribution in [0.15, 0.2) is 40.3 Å². The number of carbonyl (C=O) groups excluding carboxylic acids is 2. The number of fused-ring (bicyclic) bond motifs is 1. The third kappa shape index (κ3) is 6.94. The van der Waals surface area contributed by atoms with Gasteiger partial charge in [-0.15, -0.1) is 0 Å². The van der Waals surface area contributed by atoms with Gasteiger partial charge in [-0.3, -0.25) is 15.0 Å². The fraction of sp³-hybridized carbons (Fsp3) is 0.440. The number of nitrogens with two attached hydrogens (primary N) is 2. The van der Waals surface area contributed by atoms with Crippen molar-refractivity contribution in [3.05, 3.63) is 47.2 Å². The van der Waals surface area contributed by atoms with Crippen molar-refractivity contribution < 1.29 is 29.0 Å². The van der Waals surface area contributed by atoms with Crippen LogP contribution in [0.3, 0.4) is 0 Å². The number of carboxylic acids is 1. The van der Waals surface area contributed by atoms with Gasteiger partial charge in [0.1, 0.15) is 23.3 Å². The summed E-state index contributed by atoms with van der Waals surface area (Å²) in [5.74, 6) is -2.22. The summed E-state index contributed by atoms with van der Waals surface area (Å²) in [4.78, 5) is 36.4. The first-order chi connectivity index (χ1) is 17.6. The number of aliphatic hydroxyl groups excluding tert-OH is 1. The van der Waals surface area contributed by atoms with Crippen molar-refractivity contribution in [3.8, 4) is 0 Å². The first kappa shape index (κ1) is 27.8. The average Bonchev–Trinajstić information content (AvgIpc) is 3.46. The van der Waals surface area contributed by atoms with Gasteiger partial charge in [0, 0.05) is 30.5 Å². The predicted molar refractivity (Wildman–Crippen MR) is 137 cm³/mol. The number of hydrogen-bond donors (Lipinski definition) is 8. The van der Waals surface area contributed by atoms with Crippen molar-refractivity contribution in [2.24, 2.45) is 11.5 Å². The summed E-state index contributed by atoms with van der Waals surface area (Å²) >= 11 is 0. The SMILES string of the molecule is Cc1c(C(O)C(NC(=O)CCCCNC(=O)C(N)CC2=CCNC2C(=N)N)C(=O)O)oc2ccccc12. The number of rotatable bonds is 13. The van der Waals surface area contributed by atoms with E-state index in [-0.39, 0.29) is 36.9 Å². The minimum Gasteiger partial charge on any atom is -0.480 e. The highest BCUT2D eigenvalue weighted by Crippen LogP contribution is 2.31. The number of aryl methyl sites for hydroxylation is 1. The minimum atomic E-state index is -1.58. The van der Waals surface area contributed by atoms with Gasteiger partial charge in [0.15, 0.2) is 6.04 Å². The summed E-state index contributed by atoms with van der Waals surface area (Å²) in [5.41, 5.74) is 13.4. The molecule has 4 unspecified atom stereocenters. The first-order valence-corrected chi connectivity index (χ1v) is 12.1. The molecule has 1 aromatic carbocycles. The summed E-state index contributed by atoms with van der Waals surface area (Å²) in [6, 6.07) is 4.31. The Morgan fingerprint density at radius 2 is 2.00 bits per heavy atom. The van der Waals surface area contributed by atoms with Crippen molar-refractivity contribution >= 4 is 34.6 Å². The molecule has 0 saturated heterocycles. The van der Waals surface area contributed by atoms with Crippen LogP contribution < -0.4 is 27.4 Å². The van der Waals surface area contributed by atoms with Crippen molar-refractivity contribution in [1.82, 2.24) is 16.0 Å². The van der Waals surface area contributed by atoms with Gasteiger partial charge in [-0.25, -0.2) is 4.79 Å². The average molecular weight is 515 g/mol. The smallest absolute Gasteiger partial charge is 0.329 e. The molecule has 3 rings (SSSR count). The molecule has 1 aliphatic rings. The normalized spacial score (nSPS) is 17.6. The third-order valence-corrected chi connectivity index (χ3v) is 6.34. The Hall–Kier alpha value is -3.74. The minimum absolute atomic E-state index is 0.0103. The fourth-order valence-corrected chi connectivity index (χ4v) is 4.32. The van der Waals surface area contributed by atoms with Gasteiger partial charge < -0.3 is 42.0 Å². The Kier molecular flexibility index (Phi) is 9.39. The molecule has 0 saturated carbocycles. The summed E-state index contributed by atoms with van der Waals surface area (Å²) in [7, 11) is 0. The second kappa shape index (κ2) is 12.5.